The first-order chi connectivity index (χ1) is 28.8. The van der Waals surface area contributed by atoms with Crippen molar-refractivity contribution in [2.75, 3.05) is 0 Å². The van der Waals surface area contributed by atoms with Gasteiger partial charge in [-0.2, -0.15) is 0 Å². The van der Waals surface area contributed by atoms with Crippen LogP contribution in [0.4, 0.5) is 0 Å². The molecule has 2 heteroatoms. The van der Waals surface area contributed by atoms with Crippen LogP contribution in [-0.4, -0.2) is 0 Å². The molecule has 0 aliphatic heterocycles. The van der Waals surface area contributed by atoms with Crippen LogP contribution >= 0.6 is 0 Å². The molecule has 0 aliphatic carbocycles. The first-order valence-electron chi connectivity index (χ1n) is 19.9. The smallest absolute Gasteiger partial charge is 0.136 e. The van der Waals surface area contributed by atoms with E-state index in [0.717, 1.165) is 54.8 Å². The zero-order valence-electron chi connectivity index (χ0n) is 31.3. The molecule has 0 amide bonds. The Hall–Kier alpha value is -7.68. The highest BCUT2D eigenvalue weighted by molar-refractivity contribution is 6.26. The Morgan fingerprint density at radius 1 is 0.241 bits per heavy atom. The second-order valence-corrected chi connectivity index (χ2v) is 15.5. The average Bonchev–Trinajstić information content (AvgIpc) is 3.84. The molecule has 2 heterocycles. The summed E-state index contributed by atoms with van der Waals surface area (Å²) >= 11 is 0. The Kier molecular flexibility index (Phi) is 6.47. The van der Waals surface area contributed by atoms with E-state index < -0.39 is 0 Å². The third-order valence-electron chi connectivity index (χ3n) is 12.4. The Bertz CT molecular complexity index is 3800. The van der Waals surface area contributed by atoms with Gasteiger partial charge in [-0.3, -0.25) is 0 Å². The van der Waals surface area contributed by atoms with E-state index in [1.165, 1.54) is 76.3 Å². The van der Waals surface area contributed by atoms with Gasteiger partial charge in [-0.15, -0.1) is 0 Å². The van der Waals surface area contributed by atoms with Gasteiger partial charge in [0.15, 0.2) is 0 Å². The van der Waals surface area contributed by atoms with Crippen molar-refractivity contribution < 1.29 is 8.83 Å². The monoisotopic (exact) mass is 736 g/mol. The van der Waals surface area contributed by atoms with E-state index in [1.54, 1.807) is 0 Å². The molecule has 13 aromatic rings. The molecule has 0 bridgehead atoms. The minimum Gasteiger partial charge on any atom is -0.456 e. The van der Waals surface area contributed by atoms with Crippen LogP contribution in [0.5, 0.6) is 0 Å². The molecule has 58 heavy (non-hydrogen) atoms. The zero-order chi connectivity index (χ0) is 37.9. The molecular weight excluding hydrogens is 705 g/mol. The Balaban J connectivity index is 1.02. The number of rotatable bonds is 3. The molecule has 2 nitrogen and oxygen atoms in total. The van der Waals surface area contributed by atoms with E-state index in [2.05, 4.69) is 182 Å². The van der Waals surface area contributed by atoms with Crippen molar-refractivity contribution in [3.8, 4) is 33.4 Å². The lowest BCUT2D eigenvalue weighted by atomic mass is 9.83. The van der Waals surface area contributed by atoms with Crippen molar-refractivity contribution in [2.45, 2.75) is 0 Å². The molecular formula is C56H32O2. The van der Waals surface area contributed by atoms with Crippen LogP contribution in [0.25, 0.3) is 131 Å². The number of hydrogen-bond acceptors (Lipinski definition) is 2. The minimum absolute atomic E-state index is 0.881. The van der Waals surface area contributed by atoms with Gasteiger partial charge in [0.1, 0.15) is 22.3 Å². The van der Waals surface area contributed by atoms with Gasteiger partial charge < -0.3 is 8.83 Å². The summed E-state index contributed by atoms with van der Waals surface area (Å²) in [5.74, 6) is 0. The third kappa shape index (κ3) is 4.43. The molecule has 268 valence electrons. The van der Waals surface area contributed by atoms with Gasteiger partial charge in [-0.25, -0.2) is 0 Å². The van der Waals surface area contributed by atoms with E-state index in [9.17, 15) is 0 Å². The zero-order valence-corrected chi connectivity index (χ0v) is 31.3. The lowest BCUT2D eigenvalue weighted by molar-refractivity contribution is 0.668. The molecule has 0 radical (unpaired) electrons. The highest BCUT2D eigenvalue weighted by Crippen LogP contribution is 2.48. The SMILES string of the molecule is c1ccc2c(-c3c4ccccc4c(-c4ccc(-c5ccc6c(c5)oc5ccc7cc8oc9ccccc9c8cc7c56)c5ccccc45)c4ccccc34)cccc2c1. The molecule has 0 spiro atoms. The number of para-hydroxylation sites is 1. The molecule has 13 rings (SSSR count). The van der Waals surface area contributed by atoms with Crippen molar-refractivity contribution in [1.29, 1.82) is 0 Å². The van der Waals surface area contributed by atoms with Crippen molar-refractivity contribution >= 4 is 97.7 Å². The summed E-state index contributed by atoms with van der Waals surface area (Å²) in [6, 6.07) is 70.4. The maximum absolute atomic E-state index is 6.66. The summed E-state index contributed by atoms with van der Waals surface area (Å²) in [5, 5.41) is 16.8. The van der Waals surface area contributed by atoms with E-state index >= 15 is 0 Å². The maximum atomic E-state index is 6.66. The number of fused-ring (bicyclic) bond motifs is 12. The van der Waals surface area contributed by atoms with Gasteiger partial charge >= 0.3 is 0 Å². The first-order valence-corrected chi connectivity index (χ1v) is 19.9. The van der Waals surface area contributed by atoms with Crippen molar-refractivity contribution in [1.82, 2.24) is 0 Å². The Morgan fingerprint density at radius 3 is 1.53 bits per heavy atom. The fraction of sp³-hybridized carbons (Fsp3) is 0. The van der Waals surface area contributed by atoms with Crippen LogP contribution < -0.4 is 0 Å². The highest BCUT2D eigenvalue weighted by atomic mass is 16.3. The quantitative estimate of drug-likeness (QED) is 0.169. The molecule has 2 aromatic heterocycles. The van der Waals surface area contributed by atoms with Crippen molar-refractivity contribution in [3.05, 3.63) is 194 Å². The van der Waals surface area contributed by atoms with Crippen LogP contribution in [0.3, 0.4) is 0 Å². The summed E-state index contributed by atoms with van der Waals surface area (Å²) < 4.78 is 12.9. The normalized spacial score (nSPS) is 12.1. The van der Waals surface area contributed by atoms with E-state index in [-0.39, 0.29) is 0 Å². The van der Waals surface area contributed by atoms with Crippen LogP contribution in [0.1, 0.15) is 0 Å². The third-order valence-corrected chi connectivity index (χ3v) is 12.4. The van der Waals surface area contributed by atoms with E-state index in [1.807, 2.05) is 12.1 Å². The molecule has 0 fully saturated rings. The predicted molar refractivity (Wildman–Crippen MR) is 245 cm³/mol. The first kappa shape index (κ1) is 31.5. The summed E-state index contributed by atoms with van der Waals surface area (Å²) in [5.41, 5.74) is 10.9. The summed E-state index contributed by atoms with van der Waals surface area (Å²) in [6.07, 6.45) is 0. The molecule has 0 atom stereocenters. The summed E-state index contributed by atoms with van der Waals surface area (Å²) in [4.78, 5) is 0. The lowest BCUT2D eigenvalue weighted by Gasteiger charge is -2.20. The van der Waals surface area contributed by atoms with Crippen LogP contribution in [0.15, 0.2) is 203 Å². The van der Waals surface area contributed by atoms with Gasteiger partial charge in [0.05, 0.1) is 0 Å². The number of hydrogen-bond donors (Lipinski definition) is 0. The lowest BCUT2D eigenvalue weighted by Crippen LogP contribution is -1.93. The van der Waals surface area contributed by atoms with Gasteiger partial charge in [0.25, 0.3) is 0 Å². The second-order valence-electron chi connectivity index (χ2n) is 15.5. The topological polar surface area (TPSA) is 26.3 Å². The fourth-order valence-electron chi connectivity index (χ4n) is 9.91. The standard InChI is InChI=1S/C56H32O2/c1-2-14-36-33(12-1)13-11-22-41(36)54-42-18-5-7-20-44(42)55(45-21-8-6-19-43(45)54)46-28-27-37(38-15-3-4-16-39(38)46)34-24-26-47-52(30-34)58-51-29-25-35-31-53-49(32-48(35)56(47)51)40-17-9-10-23-50(40)57-53/h1-32H. The van der Waals surface area contributed by atoms with Gasteiger partial charge in [-0.1, -0.05) is 158 Å². The van der Waals surface area contributed by atoms with E-state index in [0.29, 0.717) is 0 Å². The average molecular weight is 737 g/mol. The number of furan rings is 2. The van der Waals surface area contributed by atoms with Crippen LogP contribution in [0.2, 0.25) is 0 Å². The maximum Gasteiger partial charge on any atom is 0.136 e. The fourth-order valence-corrected chi connectivity index (χ4v) is 9.91. The van der Waals surface area contributed by atoms with Crippen molar-refractivity contribution in [3.63, 3.8) is 0 Å². The van der Waals surface area contributed by atoms with Crippen molar-refractivity contribution in [2.24, 2.45) is 0 Å². The Labute approximate surface area is 332 Å². The summed E-state index contributed by atoms with van der Waals surface area (Å²) in [6.45, 7) is 0. The molecule has 0 unspecified atom stereocenters. The largest absolute Gasteiger partial charge is 0.456 e. The van der Waals surface area contributed by atoms with E-state index in [4.69, 9.17) is 8.83 Å². The van der Waals surface area contributed by atoms with Gasteiger partial charge in [0, 0.05) is 21.5 Å². The minimum atomic E-state index is 0.881. The predicted octanol–water partition coefficient (Wildman–Crippen LogP) is 16.3. The second kappa shape index (κ2) is 11.9. The van der Waals surface area contributed by atoms with Crippen LogP contribution in [-0.2, 0) is 0 Å². The van der Waals surface area contributed by atoms with Gasteiger partial charge in [-0.05, 0) is 124 Å². The summed E-state index contributed by atoms with van der Waals surface area (Å²) in [7, 11) is 0. The van der Waals surface area contributed by atoms with Gasteiger partial charge in [0.2, 0.25) is 0 Å². The molecule has 0 saturated heterocycles. The number of benzene rings is 11. The molecule has 0 aliphatic rings. The Morgan fingerprint density at radius 2 is 0.793 bits per heavy atom. The van der Waals surface area contributed by atoms with Crippen LogP contribution in [0, 0.1) is 0 Å². The molecule has 0 saturated carbocycles. The molecule has 0 N–H and O–H groups in total. The molecule has 11 aromatic carbocycles. The highest BCUT2D eigenvalue weighted by Gasteiger charge is 2.21.